The van der Waals surface area contributed by atoms with Crippen LogP contribution < -0.4 is 4.74 Å². The van der Waals surface area contributed by atoms with Gasteiger partial charge in [-0.3, -0.25) is 4.90 Å². The molecule has 106 valence electrons. The van der Waals surface area contributed by atoms with Crippen LogP contribution in [0.1, 0.15) is 12.5 Å². The topological polar surface area (TPSA) is 66.8 Å². The highest BCUT2D eigenvalue weighted by Crippen LogP contribution is 2.25. The second kappa shape index (κ2) is 5.38. The molecule has 1 aromatic carbocycles. The normalized spacial score (nSPS) is 23.2. The molecule has 0 aliphatic carbocycles. The number of rotatable bonds is 3. The van der Waals surface area contributed by atoms with Gasteiger partial charge in [0.25, 0.3) is 0 Å². The van der Waals surface area contributed by atoms with Crippen LogP contribution in [0.4, 0.5) is 0 Å². The number of hydrogen-bond acceptors (Lipinski definition) is 5. The predicted octanol–water partition coefficient (Wildman–Crippen LogP) is 1.02. The van der Waals surface area contributed by atoms with E-state index >= 15 is 0 Å². The molecule has 19 heavy (non-hydrogen) atoms. The van der Waals surface area contributed by atoms with E-state index in [0.717, 1.165) is 5.56 Å². The molecule has 0 spiro atoms. The number of nitrogens with zero attached hydrogens (tertiary/aromatic N) is 1. The quantitative estimate of drug-likeness (QED) is 0.898. The van der Waals surface area contributed by atoms with Crippen molar-refractivity contribution in [2.45, 2.75) is 19.5 Å². The van der Waals surface area contributed by atoms with E-state index in [-0.39, 0.29) is 23.3 Å². The van der Waals surface area contributed by atoms with E-state index < -0.39 is 9.84 Å². The lowest BCUT2D eigenvalue weighted by Crippen LogP contribution is -2.46. The number of methoxy groups -OCH3 is 1. The van der Waals surface area contributed by atoms with Gasteiger partial charge >= 0.3 is 0 Å². The third-order valence-electron chi connectivity index (χ3n) is 3.47. The van der Waals surface area contributed by atoms with Gasteiger partial charge in [0.1, 0.15) is 11.5 Å². The predicted molar refractivity (Wildman–Crippen MR) is 73.2 cm³/mol. The van der Waals surface area contributed by atoms with Gasteiger partial charge in [-0.05, 0) is 25.1 Å². The lowest BCUT2D eigenvalue weighted by Gasteiger charge is -2.33. The van der Waals surface area contributed by atoms with Gasteiger partial charge in [-0.1, -0.05) is 0 Å². The van der Waals surface area contributed by atoms with Crippen LogP contribution >= 0.6 is 0 Å². The molecule has 1 unspecified atom stereocenters. The van der Waals surface area contributed by atoms with Gasteiger partial charge in [-0.2, -0.15) is 0 Å². The van der Waals surface area contributed by atoms with E-state index in [4.69, 9.17) is 4.74 Å². The van der Waals surface area contributed by atoms with Crippen LogP contribution in [0.3, 0.4) is 0 Å². The maximum absolute atomic E-state index is 11.5. The molecular weight excluding hydrogens is 266 g/mol. The first kappa shape index (κ1) is 14.1. The van der Waals surface area contributed by atoms with Crippen molar-refractivity contribution >= 4 is 9.84 Å². The zero-order chi connectivity index (χ0) is 14.0. The Labute approximate surface area is 113 Å². The number of benzene rings is 1. The first-order chi connectivity index (χ1) is 8.91. The Morgan fingerprint density at radius 1 is 1.47 bits per heavy atom. The molecule has 1 N–H and O–H groups in total. The van der Waals surface area contributed by atoms with Crippen LogP contribution in [0.15, 0.2) is 18.2 Å². The number of sulfone groups is 1. The maximum Gasteiger partial charge on any atom is 0.153 e. The zero-order valence-electron chi connectivity index (χ0n) is 11.2. The Balaban J connectivity index is 2.13. The molecule has 2 rings (SSSR count). The van der Waals surface area contributed by atoms with Gasteiger partial charge in [-0.25, -0.2) is 8.42 Å². The van der Waals surface area contributed by atoms with Crippen LogP contribution in [0.2, 0.25) is 0 Å². The molecule has 0 aromatic heterocycles. The molecule has 1 saturated heterocycles. The van der Waals surface area contributed by atoms with E-state index in [1.807, 2.05) is 6.92 Å². The largest absolute Gasteiger partial charge is 0.508 e. The van der Waals surface area contributed by atoms with Crippen molar-refractivity contribution in [1.29, 1.82) is 0 Å². The van der Waals surface area contributed by atoms with Crippen LogP contribution in [0.25, 0.3) is 0 Å². The van der Waals surface area contributed by atoms with Gasteiger partial charge < -0.3 is 9.84 Å². The number of ether oxygens (including phenoxy) is 1. The highest BCUT2D eigenvalue weighted by atomic mass is 32.2. The third kappa shape index (κ3) is 3.39. The Kier molecular flexibility index (Phi) is 4.01. The molecule has 0 amide bonds. The van der Waals surface area contributed by atoms with Crippen LogP contribution in [-0.2, 0) is 16.4 Å². The lowest BCUT2D eigenvalue weighted by molar-refractivity contribution is 0.215. The fourth-order valence-corrected chi connectivity index (χ4v) is 3.93. The van der Waals surface area contributed by atoms with Crippen molar-refractivity contribution in [2.75, 3.05) is 25.2 Å². The molecule has 1 heterocycles. The first-order valence-electron chi connectivity index (χ1n) is 6.21. The average molecular weight is 285 g/mol. The Hall–Kier alpha value is -1.27. The highest BCUT2D eigenvalue weighted by molar-refractivity contribution is 7.91. The zero-order valence-corrected chi connectivity index (χ0v) is 12.0. The molecule has 1 aromatic rings. The molecule has 1 aliphatic heterocycles. The summed E-state index contributed by atoms with van der Waals surface area (Å²) in [7, 11) is -1.33. The fraction of sp³-hybridized carbons (Fsp3) is 0.538. The summed E-state index contributed by atoms with van der Waals surface area (Å²) in [5.41, 5.74) is 0.755. The molecule has 0 saturated carbocycles. The average Bonchev–Trinajstić information content (AvgIpc) is 2.34. The smallest absolute Gasteiger partial charge is 0.153 e. The minimum absolute atomic E-state index is 0.0376. The third-order valence-corrected chi connectivity index (χ3v) is 5.26. The van der Waals surface area contributed by atoms with Crippen molar-refractivity contribution in [2.24, 2.45) is 0 Å². The van der Waals surface area contributed by atoms with E-state index in [1.54, 1.807) is 25.3 Å². The van der Waals surface area contributed by atoms with Crippen LogP contribution in [0, 0.1) is 0 Å². The van der Waals surface area contributed by atoms with Gasteiger partial charge in [0, 0.05) is 24.7 Å². The second-order valence-electron chi connectivity index (χ2n) is 4.93. The molecule has 1 fully saturated rings. The van der Waals surface area contributed by atoms with Gasteiger partial charge in [0.2, 0.25) is 0 Å². The van der Waals surface area contributed by atoms with Crippen LogP contribution in [0.5, 0.6) is 11.5 Å². The van der Waals surface area contributed by atoms with Gasteiger partial charge in [0.05, 0.1) is 18.6 Å². The molecular formula is C13H19NO4S. The molecule has 0 radical (unpaired) electrons. The van der Waals surface area contributed by atoms with Crippen molar-refractivity contribution in [1.82, 2.24) is 4.90 Å². The van der Waals surface area contributed by atoms with E-state index in [1.165, 1.54) is 0 Å². The summed E-state index contributed by atoms with van der Waals surface area (Å²) >= 11 is 0. The summed E-state index contributed by atoms with van der Waals surface area (Å²) in [6, 6.07) is 5.04. The van der Waals surface area contributed by atoms with E-state index in [9.17, 15) is 13.5 Å². The monoisotopic (exact) mass is 285 g/mol. The minimum atomic E-state index is -2.91. The SMILES string of the molecule is COc1ccc(O)c(CN2CCS(=O)(=O)CC2C)c1. The standard InChI is InChI=1S/C13H19NO4S/c1-10-9-19(16,17)6-5-14(10)8-11-7-12(18-2)3-4-13(11)15/h3-4,7,10,15H,5-6,8-9H2,1-2H3. The Bertz CT molecular complexity index is 556. The molecule has 1 atom stereocenters. The Morgan fingerprint density at radius 3 is 2.84 bits per heavy atom. The number of hydrogen-bond donors (Lipinski definition) is 1. The van der Waals surface area contributed by atoms with Gasteiger partial charge in [0.15, 0.2) is 9.84 Å². The van der Waals surface area contributed by atoms with E-state index in [2.05, 4.69) is 4.90 Å². The molecule has 6 heteroatoms. The summed E-state index contributed by atoms with van der Waals surface area (Å²) in [6.45, 7) is 2.92. The molecule has 1 aliphatic rings. The highest BCUT2D eigenvalue weighted by Gasteiger charge is 2.28. The van der Waals surface area contributed by atoms with Crippen molar-refractivity contribution in [3.05, 3.63) is 23.8 Å². The molecule has 0 bridgehead atoms. The second-order valence-corrected chi connectivity index (χ2v) is 7.16. The first-order valence-corrected chi connectivity index (χ1v) is 8.04. The fourth-order valence-electron chi connectivity index (χ4n) is 2.30. The van der Waals surface area contributed by atoms with Crippen LogP contribution in [-0.4, -0.2) is 49.6 Å². The summed E-state index contributed by atoms with van der Waals surface area (Å²) in [4.78, 5) is 2.07. The number of phenolic OH excluding ortho intramolecular Hbond substituents is 1. The minimum Gasteiger partial charge on any atom is -0.508 e. The van der Waals surface area contributed by atoms with Crippen molar-refractivity contribution in [3.8, 4) is 11.5 Å². The van der Waals surface area contributed by atoms with Crippen molar-refractivity contribution < 1.29 is 18.3 Å². The summed E-state index contributed by atoms with van der Waals surface area (Å²) in [5, 5.41) is 9.85. The lowest BCUT2D eigenvalue weighted by atomic mass is 10.1. The van der Waals surface area contributed by atoms with Gasteiger partial charge in [-0.15, -0.1) is 0 Å². The summed E-state index contributed by atoms with van der Waals surface area (Å²) < 4.78 is 28.2. The molecule has 5 nitrogen and oxygen atoms in total. The maximum atomic E-state index is 11.5. The number of aromatic hydroxyl groups is 1. The summed E-state index contributed by atoms with van der Waals surface area (Å²) in [5.74, 6) is 1.26. The van der Waals surface area contributed by atoms with Crippen molar-refractivity contribution in [3.63, 3.8) is 0 Å². The number of phenols is 1. The van der Waals surface area contributed by atoms with E-state index in [0.29, 0.717) is 18.8 Å². The summed E-state index contributed by atoms with van der Waals surface area (Å²) in [6.07, 6.45) is 0. The Morgan fingerprint density at radius 2 is 2.21 bits per heavy atom.